The van der Waals surface area contributed by atoms with E-state index >= 15 is 0 Å². The number of amides is 1. The Morgan fingerprint density at radius 2 is 1.76 bits per heavy atom. The number of halogens is 3. The SMILES string of the molecule is C[Si](C)(CN(C(=O)C(F)(F)F)c1cccc(C#N)c1)c1ccccc1. The molecule has 0 aromatic heterocycles. The quantitative estimate of drug-likeness (QED) is 0.780. The Hall–Kier alpha value is -2.59. The van der Waals surface area contributed by atoms with E-state index in [0.717, 1.165) is 10.1 Å². The summed E-state index contributed by atoms with van der Waals surface area (Å²) >= 11 is 0. The summed E-state index contributed by atoms with van der Waals surface area (Å²) in [6, 6.07) is 16.8. The molecule has 25 heavy (non-hydrogen) atoms. The van der Waals surface area contributed by atoms with Crippen LogP contribution in [0.2, 0.25) is 13.1 Å². The predicted octanol–water partition coefficient (Wildman–Crippen LogP) is 3.61. The van der Waals surface area contributed by atoms with Crippen LogP contribution in [0.1, 0.15) is 5.56 Å². The number of nitriles is 1. The van der Waals surface area contributed by atoms with Crippen molar-refractivity contribution in [2.75, 3.05) is 11.1 Å². The molecule has 0 saturated heterocycles. The monoisotopic (exact) mass is 362 g/mol. The number of nitrogens with zero attached hydrogens (tertiary/aromatic N) is 2. The molecule has 0 aliphatic rings. The van der Waals surface area contributed by atoms with E-state index in [-0.39, 0.29) is 17.4 Å². The number of alkyl halides is 3. The van der Waals surface area contributed by atoms with Gasteiger partial charge in [0.05, 0.1) is 11.6 Å². The fourth-order valence-electron chi connectivity index (χ4n) is 2.55. The van der Waals surface area contributed by atoms with Gasteiger partial charge in [-0.05, 0) is 18.2 Å². The summed E-state index contributed by atoms with van der Waals surface area (Å²) in [6.45, 7) is 3.82. The van der Waals surface area contributed by atoms with Crippen molar-refractivity contribution in [1.29, 1.82) is 5.26 Å². The van der Waals surface area contributed by atoms with E-state index in [1.165, 1.54) is 24.3 Å². The van der Waals surface area contributed by atoms with Gasteiger partial charge in [0.1, 0.15) is 8.07 Å². The van der Waals surface area contributed by atoms with Crippen LogP contribution in [0.25, 0.3) is 0 Å². The molecular weight excluding hydrogens is 345 g/mol. The average molecular weight is 362 g/mol. The van der Waals surface area contributed by atoms with Crippen LogP contribution < -0.4 is 10.1 Å². The predicted molar refractivity (Wildman–Crippen MR) is 93.1 cm³/mol. The molecule has 0 unspecified atom stereocenters. The Kier molecular flexibility index (Phi) is 5.33. The first-order chi connectivity index (χ1) is 11.6. The minimum atomic E-state index is -4.98. The first kappa shape index (κ1) is 18.7. The zero-order valence-electron chi connectivity index (χ0n) is 13.8. The van der Waals surface area contributed by atoms with Gasteiger partial charge in [0.25, 0.3) is 0 Å². The highest BCUT2D eigenvalue weighted by Gasteiger charge is 2.45. The van der Waals surface area contributed by atoms with Crippen LogP contribution in [-0.4, -0.2) is 26.3 Å². The van der Waals surface area contributed by atoms with Crippen molar-refractivity contribution in [2.24, 2.45) is 0 Å². The van der Waals surface area contributed by atoms with Crippen molar-refractivity contribution >= 4 is 24.9 Å². The Labute approximate surface area is 145 Å². The largest absolute Gasteiger partial charge is 0.471 e. The van der Waals surface area contributed by atoms with Crippen molar-refractivity contribution in [2.45, 2.75) is 19.3 Å². The van der Waals surface area contributed by atoms with Gasteiger partial charge in [-0.15, -0.1) is 0 Å². The minimum absolute atomic E-state index is 0.0375. The summed E-state index contributed by atoms with van der Waals surface area (Å²) in [5, 5.41) is 9.94. The van der Waals surface area contributed by atoms with Gasteiger partial charge >= 0.3 is 12.1 Å². The number of benzene rings is 2. The summed E-state index contributed by atoms with van der Waals surface area (Å²) in [4.78, 5) is 12.8. The number of rotatable bonds is 4. The second-order valence-corrected chi connectivity index (χ2v) is 11.0. The fraction of sp³-hybridized carbons (Fsp3) is 0.222. The average Bonchev–Trinajstić information content (AvgIpc) is 2.59. The topological polar surface area (TPSA) is 44.1 Å². The lowest BCUT2D eigenvalue weighted by Gasteiger charge is -2.32. The highest BCUT2D eigenvalue weighted by atomic mass is 28.3. The second kappa shape index (κ2) is 7.11. The standard InChI is InChI=1S/C18H17F3N2OSi/c1-25(2,16-9-4-3-5-10-16)13-23(17(24)18(19,20)21)15-8-6-7-14(11-15)12-22/h3-11H,13H2,1-2H3. The highest BCUT2D eigenvalue weighted by molar-refractivity contribution is 6.90. The first-order valence-corrected chi connectivity index (χ1v) is 10.8. The highest BCUT2D eigenvalue weighted by Crippen LogP contribution is 2.26. The van der Waals surface area contributed by atoms with Crippen LogP contribution in [0.4, 0.5) is 18.9 Å². The molecule has 0 spiro atoms. The molecule has 130 valence electrons. The lowest BCUT2D eigenvalue weighted by molar-refractivity contribution is -0.170. The summed E-state index contributed by atoms with van der Waals surface area (Å²) in [6.07, 6.45) is -5.02. The molecule has 0 atom stereocenters. The Bertz CT molecular complexity index is 798. The number of hydrogen-bond donors (Lipinski definition) is 0. The number of carbonyl (C=O) groups is 1. The molecule has 0 N–H and O–H groups in total. The Balaban J connectivity index is 2.45. The van der Waals surface area contributed by atoms with Crippen molar-refractivity contribution in [3.8, 4) is 6.07 Å². The first-order valence-electron chi connectivity index (χ1n) is 7.59. The zero-order chi connectivity index (χ0) is 18.7. The molecule has 0 aliphatic carbocycles. The third-order valence-electron chi connectivity index (χ3n) is 3.88. The van der Waals surface area contributed by atoms with Gasteiger partial charge in [-0.2, -0.15) is 18.4 Å². The second-order valence-electron chi connectivity index (χ2n) is 6.30. The molecule has 0 fully saturated rings. The third-order valence-corrected chi connectivity index (χ3v) is 6.89. The Morgan fingerprint density at radius 3 is 2.32 bits per heavy atom. The lowest BCUT2D eigenvalue weighted by atomic mass is 10.2. The van der Waals surface area contributed by atoms with Gasteiger partial charge in [0.15, 0.2) is 0 Å². The maximum absolute atomic E-state index is 13.1. The van der Waals surface area contributed by atoms with Crippen LogP contribution in [-0.2, 0) is 4.79 Å². The molecule has 0 radical (unpaired) electrons. The zero-order valence-corrected chi connectivity index (χ0v) is 14.8. The van der Waals surface area contributed by atoms with Crippen molar-refractivity contribution in [3.63, 3.8) is 0 Å². The van der Waals surface area contributed by atoms with E-state index in [2.05, 4.69) is 0 Å². The summed E-state index contributed by atoms with van der Waals surface area (Å²) in [5.74, 6) is -1.92. The van der Waals surface area contributed by atoms with Gasteiger partial charge < -0.3 is 4.90 Å². The molecule has 0 bridgehead atoms. The smallest absolute Gasteiger partial charge is 0.307 e. The van der Waals surface area contributed by atoms with E-state index < -0.39 is 20.2 Å². The molecule has 3 nitrogen and oxygen atoms in total. The molecule has 7 heteroatoms. The number of carbonyl (C=O) groups excluding carboxylic acids is 1. The molecular formula is C18H17F3N2OSi. The van der Waals surface area contributed by atoms with Gasteiger partial charge in [-0.3, -0.25) is 4.79 Å². The summed E-state index contributed by atoms with van der Waals surface area (Å²) < 4.78 is 39.3. The number of anilines is 1. The molecule has 0 saturated carbocycles. The van der Waals surface area contributed by atoms with E-state index in [1.807, 2.05) is 49.5 Å². The van der Waals surface area contributed by atoms with Gasteiger partial charge in [0, 0.05) is 11.9 Å². The normalized spacial score (nSPS) is 11.7. The van der Waals surface area contributed by atoms with Crippen molar-refractivity contribution in [3.05, 3.63) is 60.2 Å². The minimum Gasteiger partial charge on any atom is -0.307 e. The van der Waals surface area contributed by atoms with Crippen LogP contribution >= 0.6 is 0 Å². The van der Waals surface area contributed by atoms with E-state index in [1.54, 1.807) is 0 Å². The third kappa shape index (κ3) is 4.48. The van der Waals surface area contributed by atoms with E-state index in [0.29, 0.717) is 0 Å². The van der Waals surface area contributed by atoms with Gasteiger partial charge in [0.2, 0.25) is 0 Å². The Morgan fingerprint density at radius 1 is 1.12 bits per heavy atom. The molecule has 2 rings (SSSR count). The fourth-order valence-corrected chi connectivity index (χ4v) is 4.95. The lowest BCUT2D eigenvalue weighted by Crippen LogP contribution is -2.56. The molecule has 0 aliphatic heterocycles. The maximum Gasteiger partial charge on any atom is 0.471 e. The van der Waals surface area contributed by atoms with Crippen LogP contribution in [0.3, 0.4) is 0 Å². The maximum atomic E-state index is 13.1. The summed E-state index contributed by atoms with van der Waals surface area (Å²) in [7, 11) is -2.37. The van der Waals surface area contributed by atoms with Crippen LogP contribution in [0.5, 0.6) is 0 Å². The van der Waals surface area contributed by atoms with Crippen molar-refractivity contribution < 1.29 is 18.0 Å². The molecule has 0 heterocycles. The van der Waals surface area contributed by atoms with Crippen LogP contribution in [0, 0.1) is 11.3 Å². The molecule has 2 aromatic rings. The number of hydrogen-bond acceptors (Lipinski definition) is 2. The molecule has 1 amide bonds. The van der Waals surface area contributed by atoms with Crippen molar-refractivity contribution in [1.82, 2.24) is 0 Å². The van der Waals surface area contributed by atoms with E-state index in [4.69, 9.17) is 5.26 Å². The van der Waals surface area contributed by atoms with Gasteiger partial charge in [-0.1, -0.05) is 54.7 Å². The van der Waals surface area contributed by atoms with Crippen LogP contribution in [0.15, 0.2) is 54.6 Å². The van der Waals surface area contributed by atoms with E-state index in [9.17, 15) is 18.0 Å². The van der Waals surface area contributed by atoms with Gasteiger partial charge in [-0.25, -0.2) is 0 Å². The summed E-state index contributed by atoms with van der Waals surface area (Å²) in [5.41, 5.74) is 0.287. The molecule has 2 aromatic carbocycles.